The molecule has 0 bridgehead atoms. The van der Waals surface area contributed by atoms with Gasteiger partial charge in [-0.3, -0.25) is 4.98 Å². The van der Waals surface area contributed by atoms with Gasteiger partial charge in [-0.1, -0.05) is 0 Å². The van der Waals surface area contributed by atoms with Crippen molar-refractivity contribution in [1.29, 1.82) is 0 Å². The molecule has 5 heteroatoms. The monoisotopic (exact) mass is 345 g/mol. The summed E-state index contributed by atoms with van der Waals surface area (Å²) in [6.45, 7) is 9.30. The summed E-state index contributed by atoms with van der Waals surface area (Å²) in [5.41, 5.74) is 1.49. The molecule has 25 heavy (non-hydrogen) atoms. The molecule has 0 aromatic carbocycles. The van der Waals surface area contributed by atoms with E-state index >= 15 is 0 Å². The fourth-order valence-electron chi connectivity index (χ4n) is 4.76. The second kappa shape index (κ2) is 8.02. The Morgan fingerprint density at radius 2 is 2.04 bits per heavy atom. The van der Waals surface area contributed by atoms with Crippen molar-refractivity contribution >= 4 is 5.69 Å². The van der Waals surface area contributed by atoms with Crippen molar-refractivity contribution in [3.8, 4) is 0 Å². The molecule has 1 aromatic heterocycles. The largest absolute Gasteiger partial charge is 0.381 e. The Kier molecular flexibility index (Phi) is 5.54. The van der Waals surface area contributed by atoms with E-state index in [0.29, 0.717) is 0 Å². The predicted molar refractivity (Wildman–Crippen MR) is 98.9 cm³/mol. The second-order valence-corrected chi connectivity index (χ2v) is 8.08. The van der Waals surface area contributed by atoms with Crippen molar-refractivity contribution in [3.63, 3.8) is 0 Å². The van der Waals surface area contributed by atoms with E-state index in [1.54, 1.807) is 0 Å². The Balaban J connectivity index is 1.43. The molecule has 3 saturated heterocycles. The molecule has 4 heterocycles. The van der Waals surface area contributed by atoms with E-state index in [-0.39, 0.29) is 5.41 Å². The topological polar surface area (TPSA) is 37.8 Å². The van der Waals surface area contributed by atoms with Crippen LogP contribution in [0.25, 0.3) is 0 Å². The normalized spacial score (nSPS) is 29.7. The molecule has 0 aliphatic carbocycles. The highest BCUT2D eigenvalue weighted by Gasteiger charge is 2.39. The maximum Gasteiger partial charge on any atom is 0.0641 e. The lowest BCUT2D eigenvalue weighted by Gasteiger charge is -2.45. The van der Waals surface area contributed by atoms with Crippen LogP contribution in [0.4, 0.5) is 5.69 Å². The van der Waals surface area contributed by atoms with Crippen molar-refractivity contribution < 1.29 is 9.47 Å². The zero-order valence-electron chi connectivity index (χ0n) is 15.2. The van der Waals surface area contributed by atoms with E-state index in [1.807, 2.05) is 18.5 Å². The molecule has 1 aromatic rings. The standard InChI is InChI=1S/C20H31N3O2/c1-3-19(13-21-7-1)23-9-12-25-17-20(16-23)6-2-8-22(15-20)14-18-4-10-24-11-5-18/h1,3,7,13,18H,2,4-6,8-12,14-17H2/t20-/m0/s1. The lowest BCUT2D eigenvalue weighted by atomic mass is 9.79. The van der Waals surface area contributed by atoms with Crippen LogP contribution in [0.1, 0.15) is 25.7 Å². The Hall–Kier alpha value is -1.17. The van der Waals surface area contributed by atoms with Gasteiger partial charge in [0.1, 0.15) is 0 Å². The van der Waals surface area contributed by atoms with Gasteiger partial charge in [0.15, 0.2) is 0 Å². The average molecular weight is 345 g/mol. The molecule has 5 nitrogen and oxygen atoms in total. The number of aromatic nitrogens is 1. The molecule has 3 aliphatic heterocycles. The number of anilines is 1. The second-order valence-electron chi connectivity index (χ2n) is 8.08. The number of ether oxygens (including phenoxy) is 2. The number of hydrogen-bond acceptors (Lipinski definition) is 5. The SMILES string of the molecule is c1cncc(N2CCOC[C@]3(CCCN(CC4CCOCC4)C3)C2)c1. The summed E-state index contributed by atoms with van der Waals surface area (Å²) in [6.07, 6.45) is 8.84. The van der Waals surface area contributed by atoms with Gasteiger partial charge in [0, 0.05) is 51.0 Å². The molecule has 1 spiro atoms. The first-order valence-electron chi connectivity index (χ1n) is 9.86. The first kappa shape index (κ1) is 17.3. The zero-order valence-corrected chi connectivity index (χ0v) is 15.2. The summed E-state index contributed by atoms with van der Waals surface area (Å²) in [5.74, 6) is 0.810. The average Bonchev–Trinajstić information content (AvgIpc) is 2.86. The third kappa shape index (κ3) is 4.33. The van der Waals surface area contributed by atoms with Crippen LogP contribution >= 0.6 is 0 Å². The van der Waals surface area contributed by atoms with Crippen LogP contribution in [0.3, 0.4) is 0 Å². The fraction of sp³-hybridized carbons (Fsp3) is 0.750. The van der Waals surface area contributed by atoms with E-state index in [1.165, 1.54) is 51.0 Å². The van der Waals surface area contributed by atoms with Crippen LogP contribution in [0.15, 0.2) is 24.5 Å². The van der Waals surface area contributed by atoms with Gasteiger partial charge in [-0.15, -0.1) is 0 Å². The summed E-state index contributed by atoms with van der Waals surface area (Å²) in [6, 6.07) is 4.21. The van der Waals surface area contributed by atoms with Crippen molar-refractivity contribution in [3.05, 3.63) is 24.5 Å². The molecule has 138 valence electrons. The summed E-state index contributed by atoms with van der Waals surface area (Å²) >= 11 is 0. The number of pyridine rings is 1. The van der Waals surface area contributed by atoms with Crippen LogP contribution in [0, 0.1) is 11.3 Å². The van der Waals surface area contributed by atoms with Crippen LogP contribution < -0.4 is 4.90 Å². The highest BCUT2D eigenvalue weighted by molar-refractivity contribution is 5.44. The van der Waals surface area contributed by atoms with E-state index < -0.39 is 0 Å². The molecule has 0 unspecified atom stereocenters. The van der Waals surface area contributed by atoms with Gasteiger partial charge in [0.25, 0.3) is 0 Å². The molecule has 0 saturated carbocycles. The van der Waals surface area contributed by atoms with Crippen molar-refractivity contribution in [2.45, 2.75) is 25.7 Å². The van der Waals surface area contributed by atoms with Gasteiger partial charge < -0.3 is 19.3 Å². The number of hydrogen-bond donors (Lipinski definition) is 0. The quantitative estimate of drug-likeness (QED) is 0.841. The summed E-state index contributed by atoms with van der Waals surface area (Å²) < 4.78 is 11.6. The maximum absolute atomic E-state index is 6.07. The van der Waals surface area contributed by atoms with Gasteiger partial charge in [0.2, 0.25) is 0 Å². The maximum atomic E-state index is 6.07. The first-order valence-corrected chi connectivity index (χ1v) is 9.86. The highest BCUT2D eigenvalue weighted by Crippen LogP contribution is 2.35. The third-order valence-corrected chi connectivity index (χ3v) is 6.05. The number of piperidine rings is 1. The smallest absolute Gasteiger partial charge is 0.0641 e. The van der Waals surface area contributed by atoms with Gasteiger partial charge in [0.05, 0.1) is 25.1 Å². The minimum absolute atomic E-state index is 0.260. The predicted octanol–water partition coefficient (Wildman–Crippen LogP) is 2.43. The van der Waals surface area contributed by atoms with Gasteiger partial charge >= 0.3 is 0 Å². The summed E-state index contributed by atoms with van der Waals surface area (Å²) in [5, 5.41) is 0. The highest BCUT2D eigenvalue weighted by atomic mass is 16.5. The van der Waals surface area contributed by atoms with Gasteiger partial charge in [-0.05, 0) is 50.3 Å². The molecule has 0 radical (unpaired) electrons. The molecule has 4 rings (SSSR count). The third-order valence-electron chi connectivity index (χ3n) is 6.05. The van der Waals surface area contributed by atoms with E-state index in [2.05, 4.69) is 20.9 Å². The van der Waals surface area contributed by atoms with E-state index in [9.17, 15) is 0 Å². The fourth-order valence-corrected chi connectivity index (χ4v) is 4.76. The molecule has 3 aliphatic rings. The summed E-state index contributed by atoms with van der Waals surface area (Å²) in [7, 11) is 0. The number of rotatable bonds is 3. The molecule has 0 N–H and O–H groups in total. The minimum atomic E-state index is 0.260. The molecular formula is C20H31N3O2. The number of nitrogens with zero attached hydrogens (tertiary/aromatic N) is 3. The Morgan fingerprint density at radius 3 is 2.88 bits per heavy atom. The van der Waals surface area contributed by atoms with Gasteiger partial charge in [-0.2, -0.15) is 0 Å². The number of likely N-dealkylation sites (tertiary alicyclic amines) is 1. The lowest BCUT2D eigenvalue weighted by molar-refractivity contribution is -0.00278. The lowest BCUT2D eigenvalue weighted by Crippen LogP contribution is -2.51. The van der Waals surface area contributed by atoms with Crippen LogP contribution in [-0.2, 0) is 9.47 Å². The minimum Gasteiger partial charge on any atom is -0.381 e. The molecular weight excluding hydrogens is 314 g/mol. The van der Waals surface area contributed by atoms with Crippen LogP contribution in [0.2, 0.25) is 0 Å². The van der Waals surface area contributed by atoms with Gasteiger partial charge in [-0.25, -0.2) is 0 Å². The van der Waals surface area contributed by atoms with Crippen molar-refractivity contribution in [2.75, 3.05) is 64.1 Å². The molecule has 3 fully saturated rings. The Labute approximate surface area is 151 Å². The van der Waals surface area contributed by atoms with E-state index in [0.717, 1.165) is 45.4 Å². The van der Waals surface area contributed by atoms with Crippen LogP contribution in [0.5, 0.6) is 0 Å². The molecule has 0 amide bonds. The van der Waals surface area contributed by atoms with Crippen molar-refractivity contribution in [2.24, 2.45) is 11.3 Å². The Morgan fingerprint density at radius 1 is 1.12 bits per heavy atom. The van der Waals surface area contributed by atoms with Crippen molar-refractivity contribution in [1.82, 2.24) is 9.88 Å². The van der Waals surface area contributed by atoms with E-state index in [4.69, 9.17) is 9.47 Å². The summed E-state index contributed by atoms with van der Waals surface area (Å²) in [4.78, 5) is 9.50. The Bertz CT molecular complexity index is 535. The first-order chi connectivity index (χ1) is 12.3. The molecule has 1 atom stereocenters. The zero-order chi connectivity index (χ0) is 17.0. The van der Waals surface area contributed by atoms with Crippen LogP contribution in [-0.4, -0.2) is 69.0 Å².